The summed E-state index contributed by atoms with van der Waals surface area (Å²) >= 11 is 3.15. The molecular formula is C16H20N2O2S2. The topological polar surface area (TPSA) is 53.4 Å². The third kappa shape index (κ3) is 2.95. The fourth-order valence-electron chi connectivity index (χ4n) is 2.86. The van der Waals surface area contributed by atoms with Crippen molar-refractivity contribution in [3.8, 4) is 10.6 Å². The Morgan fingerprint density at radius 1 is 1.41 bits per heavy atom. The van der Waals surface area contributed by atoms with Gasteiger partial charge in [-0.25, -0.2) is 4.98 Å². The molecule has 2 aromatic rings. The molecule has 118 valence electrons. The largest absolute Gasteiger partial charge is 0.396 e. The van der Waals surface area contributed by atoms with Crippen LogP contribution in [-0.2, 0) is 0 Å². The summed E-state index contributed by atoms with van der Waals surface area (Å²) in [4.78, 5) is 18.9. The fourth-order valence-corrected chi connectivity index (χ4v) is 4.37. The normalized spacial score (nSPS) is 17.6. The van der Waals surface area contributed by atoms with E-state index in [-0.39, 0.29) is 17.9 Å². The zero-order valence-electron chi connectivity index (χ0n) is 12.6. The number of amides is 1. The molecule has 1 N–H and O–H groups in total. The van der Waals surface area contributed by atoms with E-state index in [0.29, 0.717) is 18.8 Å². The number of hydrogen-bond acceptors (Lipinski definition) is 5. The van der Waals surface area contributed by atoms with Gasteiger partial charge in [0.1, 0.15) is 10.7 Å². The molecule has 0 radical (unpaired) electrons. The highest BCUT2D eigenvalue weighted by Gasteiger charge is 2.34. The van der Waals surface area contributed by atoms with Crippen molar-refractivity contribution in [2.45, 2.75) is 26.2 Å². The Bertz CT molecular complexity index is 622. The molecule has 1 fully saturated rings. The Morgan fingerprint density at radius 2 is 2.18 bits per heavy atom. The van der Waals surface area contributed by atoms with Gasteiger partial charge in [0.15, 0.2) is 0 Å². The molecule has 1 saturated heterocycles. The van der Waals surface area contributed by atoms with Crippen LogP contribution < -0.4 is 0 Å². The molecule has 0 atom stereocenters. The van der Waals surface area contributed by atoms with Crippen LogP contribution >= 0.6 is 22.7 Å². The first-order chi connectivity index (χ1) is 10.7. The molecule has 0 saturated carbocycles. The van der Waals surface area contributed by atoms with E-state index in [2.05, 4.69) is 11.9 Å². The molecule has 6 heteroatoms. The molecule has 0 bridgehead atoms. The summed E-state index contributed by atoms with van der Waals surface area (Å²) in [6, 6.07) is 2.02. The number of thiophene rings is 1. The summed E-state index contributed by atoms with van der Waals surface area (Å²) in [7, 11) is 0. The standard InChI is InChI=1S/C16H20N2O2S2/c1-2-16(11-19)4-6-18(7-5-16)15(20)13-10-22-14(17-13)12-3-8-21-9-12/h3,8-10,19H,2,4-7,11H2,1H3. The molecule has 4 nitrogen and oxygen atoms in total. The number of hydrogen-bond donors (Lipinski definition) is 1. The Labute approximate surface area is 138 Å². The number of likely N-dealkylation sites (tertiary alicyclic amines) is 1. The van der Waals surface area contributed by atoms with Crippen LogP contribution in [0.1, 0.15) is 36.7 Å². The number of thiazole rings is 1. The molecule has 1 aliphatic rings. The maximum Gasteiger partial charge on any atom is 0.273 e. The van der Waals surface area contributed by atoms with E-state index in [1.54, 1.807) is 11.3 Å². The van der Waals surface area contributed by atoms with Crippen molar-refractivity contribution >= 4 is 28.6 Å². The molecule has 1 aliphatic heterocycles. The molecule has 22 heavy (non-hydrogen) atoms. The second kappa shape index (κ2) is 6.48. The van der Waals surface area contributed by atoms with Crippen LogP contribution in [0.15, 0.2) is 22.2 Å². The number of aliphatic hydroxyl groups is 1. The third-order valence-corrected chi connectivity index (χ3v) is 6.26. The van der Waals surface area contributed by atoms with Crippen LogP contribution in [0.25, 0.3) is 10.6 Å². The summed E-state index contributed by atoms with van der Waals surface area (Å²) in [5, 5.41) is 16.4. The molecule has 0 spiro atoms. The van der Waals surface area contributed by atoms with Gasteiger partial charge in [-0.2, -0.15) is 11.3 Å². The van der Waals surface area contributed by atoms with E-state index in [1.165, 1.54) is 11.3 Å². The summed E-state index contributed by atoms with van der Waals surface area (Å²) in [6.45, 7) is 3.74. The number of piperidine rings is 1. The van der Waals surface area contributed by atoms with Crippen LogP contribution in [0.2, 0.25) is 0 Å². The number of carbonyl (C=O) groups is 1. The van der Waals surface area contributed by atoms with Crippen molar-refractivity contribution < 1.29 is 9.90 Å². The van der Waals surface area contributed by atoms with Crippen molar-refractivity contribution in [2.24, 2.45) is 5.41 Å². The van der Waals surface area contributed by atoms with Crippen LogP contribution in [0.5, 0.6) is 0 Å². The lowest BCUT2D eigenvalue weighted by atomic mass is 9.77. The molecular weight excluding hydrogens is 316 g/mol. The molecule has 0 unspecified atom stereocenters. The fraction of sp³-hybridized carbons (Fsp3) is 0.500. The second-order valence-corrected chi connectivity index (χ2v) is 7.49. The lowest BCUT2D eigenvalue weighted by Gasteiger charge is -2.40. The first kappa shape index (κ1) is 15.6. The number of aromatic nitrogens is 1. The minimum Gasteiger partial charge on any atom is -0.396 e. The van der Waals surface area contributed by atoms with Crippen molar-refractivity contribution in [3.05, 3.63) is 27.9 Å². The zero-order valence-corrected chi connectivity index (χ0v) is 14.3. The number of aliphatic hydroxyl groups excluding tert-OH is 1. The maximum absolute atomic E-state index is 12.6. The van der Waals surface area contributed by atoms with Gasteiger partial charge in [-0.1, -0.05) is 6.92 Å². The van der Waals surface area contributed by atoms with Gasteiger partial charge in [-0.05, 0) is 36.1 Å². The van der Waals surface area contributed by atoms with Gasteiger partial charge in [0, 0.05) is 36.0 Å². The molecule has 3 rings (SSSR count). The Hall–Kier alpha value is -1.24. The van der Waals surface area contributed by atoms with Crippen molar-refractivity contribution in [1.82, 2.24) is 9.88 Å². The molecule has 3 heterocycles. The average molecular weight is 336 g/mol. The highest BCUT2D eigenvalue weighted by atomic mass is 32.1. The second-order valence-electron chi connectivity index (χ2n) is 5.85. The van der Waals surface area contributed by atoms with E-state index in [0.717, 1.165) is 29.8 Å². The van der Waals surface area contributed by atoms with E-state index >= 15 is 0 Å². The van der Waals surface area contributed by atoms with Gasteiger partial charge < -0.3 is 10.0 Å². The monoisotopic (exact) mass is 336 g/mol. The smallest absolute Gasteiger partial charge is 0.273 e. The Kier molecular flexibility index (Phi) is 4.61. The van der Waals surface area contributed by atoms with Crippen LogP contribution in [0, 0.1) is 5.41 Å². The average Bonchev–Trinajstić information content (AvgIpc) is 3.25. The van der Waals surface area contributed by atoms with Gasteiger partial charge in [-0.15, -0.1) is 11.3 Å². The van der Waals surface area contributed by atoms with Gasteiger partial charge in [0.25, 0.3) is 5.91 Å². The Balaban J connectivity index is 1.68. The third-order valence-electron chi connectivity index (χ3n) is 4.69. The summed E-state index contributed by atoms with van der Waals surface area (Å²) in [5.74, 6) is 0.0142. The number of nitrogens with zero attached hydrogens (tertiary/aromatic N) is 2. The predicted molar refractivity (Wildman–Crippen MR) is 90.4 cm³/mol. The van der Waals surface area contributed by atoms with Gasteiger partial charge in [0.05, 0.1) is 0 Å². The lowest BCUT2D eigenvalue weighted by molar-refractivity contribution is 0.0335. The highest BCUT2D eigenvalue weighted by Crippen LogP contribution is 2.35. The van der Waals surface area contributed by atoms with E-state index in [4.69, 9.17) is 0 Å². The highest BCUT2D eigenvalue weighted by molar-refractivity contribution is 7.14. The minimum atomic E-state index is 0.000687. The van der Waals surface area contributed by atoms with Gasteiger partial charge in [0.2, 0.25) is 0 Å². The first-order valence-corrected chi connectivity index (χ1v) is 9.38. The predicted octanol–water partition coefficient (Wildman–Crippen LogP) is 3.50. The quantitative estimate of drug-likeness (QED) is 0.930. The number of carbonyl (C=O) groups excluding carboxylic acids is 1. The van der Waals surface area contributed by atoms with Gasteiger partial charge >= 0.3 is 0 Å². The van der Waals surface area contributed by atoms with Gasteiger partial charge in [-0.3, -0.25) is 4.79 Å². The van der Waals surface area contributed by atoms with Crippen LogP contribution in [-0.4, -0.2) is 40.6 Å². The zero-order chi connectivity index (χ0) is 15.6. The number of rotatable bonds is 4. The van der Waals surface area contributed by atoms with Crippen LogP contribution in [0.4, 0.5) is 0 Å². The molecule has 1 amide bonds. The SMILES string of the molecule is CCC1(CO)CCN(C(=O)c2csc(-c3ccsc3)n2)CC1. The molecule has 2 aromatic heterocycles. The first-order valence-electron chi connectivity index (χ1n) is 7.56. The van der Waals surface area contributed by atoms with Crippen molar-refractivity contribution in [3.63, 3.8) is 0 Å². The van der Waals surface area contributed by atoms with E-state index in [9.17, 15) is 9.90 Å². The maximum atomic E-state index is 12.6. The molecule has 0 aliphatic carbocycles. The van der Waals surface area contributed by atoms with Crippen molar-refractivity contribution in [1.29, 1.82) is 0 Å². The summed E-state index contributed by atoms with van der Waals surface area (Å²) in [6.07, 6.45) is 2.70. The summed E-state index contributed by atoms with van der Waals surface area (Å²) in [5.41, 5.74) is 1.62. The van der Waals surface area contributed by atoms with Crippen molar-refractivity contribution in [2.75, 3.05) is 19.7 Å². The lowest BCUT2D eigenvalue weighted by Crippen LogP contribution is -2.44. The Morgan fingerprint density at radius 3 is 2.77 bits per heavy atom. The van der Waals surface area contributed by atoms with E-state index in [1.807, 2.05) is 27.1 Å². The minimum absolute atomic E-state index is 0.000687. The van der Waals surface area contributed by atoms with Crippen LogP contribution in [0.3, 0.4) is 0 Å². The summed E-state index contributed by atoms with van der Waals surface area (Å²) < 4.78 is 0. The molecule has 0 aromatic carbocycles. The van der Waals surface area contributed by atoms with E-state index < -0.39 is 0 Å².